The van der Waals surface area contributed by atoms with Crippen molar-refractivity contribution in [2.75, 3.05) is 16.8 Å². The van der Waals surface area contributed by atoms with Crippen molar-refractivity contribution in [3.8, 4) is 22.9 Å². The van der Waals surface area contributed by atoms with Crippen molar-refractivity contribution in [3.05, 3.63) is 94.4 Å². The van der Waals surface area contributed by atoms with Gasteiger partial charge in [-0.25, -0.2) is 14.3 Å². The van der Waals surface area contributed by atoms with Gasteiger partial charge in [0.2, 0.25) is 0 Å². The largest absolute Gasteiger partial charge is 0.506 e. The number of halogens is 1. The average molecular weight is 689 g/mol. The van der Waals surface area contributed by atoms with Gasteiger partial charge in [-0.2, -0.15) is 5.10 Å². The van der Waals surface area contributed by atoms with Crippen LogP contribution in [0.15, 0.2) is 71.9 Å². The third-order valence-corrected chi connectivity index (χ3v) is 9.59. The average Bonchev–Trinajstić information content (AvgIpc) is 3.73. The zero-order valence-corrected chi connectivity index (χ0v) is 29.1. The van der Waals surface area contributed by atoms with Gasteiger partial charge >= 0.3 is 12.1 Å². The number of hydrogen-bond acceptors (Lipinski definition) is 8. The lowest BCUT2D eigenvalue weighted by molar-refractivity contribution is 0.122. The Kier molecular flexibility index (Phi) is 8.97. The van der Waals surface area contributed by atoms with Crippen LogP contribution in [0, 0.1) is 13.8 Å². The predicted octanol–water partition coefficient (Wildman–Crippen LogP) is 8.40. The molecule has 2 aliphatic rings. The maximum atomic E-state index is 13.3. The minimum absolute atomic E-state index is 0.0429. The van der Waals surface area contributed by atoms with Crippen LogP contribution in [0.4, 0.5) is 21.1 Å². The molecule has 0 fully saturated rings. The van der Waals surface area contributed by atoms with E-state index in [0.717, 1.165) is 33.0 Å². The van der Waals surface area contributed by atoms with Crippen molar-refractivity contribution < 1.29 is 24.2 Å². The van der Waals surface area contributed by atoms with Gasteiger partial charge in [0.25, 0.3) is 0 Å². The highest BCUT2D eigenvalue weighted by Gasteiger charge is 2.40. The summed E-state index contributed by atoms with van der Waals surface area (Å²) in [5.41, 5.74) is 4.56. The molecule has 3 amide bonds. The molecule has 3 heterocycles. The zero-order valence-electron chi connectivity index (χ0n) is 27.5. The zero-order chi connectivity index (χ0) is 34.3. The number of nitrogens with zero attached hydrogens (tertiary/aromatic N) is 4. The number of phenolic OH excluding ortho intramolecular Hbond substituents is 1. The number of amides is 3. The fourth-order valence-electron chi connectivity index (χ4n) is 5.35. The number of rotatable bonds is 7. The summed E-state index contributed by atoms with van der Waals surface area (Å²) in [7, 11) is 0. The van der Waals surface area contributed by atoms with Gasteiger partial charge in [0.1, 0.15) is 23.1 Å². The molecule has 0 aliphatic carbocycles. The van der Waals surface area contributed by atoms with Gasteiger partial charge in [0, 0.05) is 47.0 Å². The second-order valence-corrected chi connectivity index (χ2v) is 14.1. The molecule has 6 rings (SSSR count). The standard InChI is InChI=1S/C35H37ClN6O5S/c1-7-46-34(45)41-13-12-40-26-17-24(15-21(3)31(26)48-33(40)41)47-28-14-20(2)8-9-22(28)19-37-32(44)38-30-18-29(35(4,5)6)39-42(30)23-10-11-27(43)25(36)16-23/h8-18,33,43H,7,19H2,1-6H3,(H2,37,38,44). The summed E-state index contributed by atoms with van der Waals surface area (Å²) in [6, 6.07) is 15.9. The van der Waals surface area contributed by atoms with Crippen molar-refractivity contribution in [3.63, 3.8) is 0 Å². The molecule has 2 aliphatic heterocycles. The number of aromatic nitrogens is 2. The third-order valence-electron chi connectivity index (χ3n) is 7.86. The molecule has 11 nitrogen and oxygen atoms in total. The molecular weight excluding hydrogens is 652 g/mol. The van der Waals surface area contributed by atoms with Gasteiger partial charge in [-0.3, -0.25) is 10.2 Å². The molecule has 0 saturated carbocycles. The highest BCUT2D eigenvalue weighted by Crippen LogP contribution is 2.50. The number of carbonyl (C=O) groups excluding carboxylic acids is 2. The molecule has 48 heavy (non-hydrogen) atoms. The predicted molar refractivity (Wildman–Crippen MR) is 187 cm³/mol. The molecule has 4 aromatic rings. The smallest absolute Gasteiger partial charge is 0.416 e. The Balaban J connectivity index is 1.19. The van der Waals surface area contributed by atoms with Crippen LogP contribution in [0.2, 0.25) is 5.02 Å². The van der Waals surface area contributed by atoms with Crippen LogP contribution in [-0.2, 0) is 16.7 Å². The number of aryl methyl sites for hydroxylation is 2. The highest BCUT2D eigenvalue weighted by atomic mass is 35.5. The van der Waals surface area contributed by atoms with E-state index in [-0.39, 0.29) is 34.3 Å². The molecule has 13 heteroatoms. The summed E-state index contributed by atoms with van der Waals surface area (Å²) in [4.78, 5) is 30.4. The second kappa shape index (κ2) is 13.0. The monoisotopic (exact) mass is 688 g/mol. The molecule has 250 valence electrons. The molecular formula is C35H37ClN6O5S. The second-order valence-electron chi connectivity index (χ2n) is 12.6. The third kappa shape index (κ3) is 6.63. The van der Waals surface area contributed by atoms with Gasteiger partial charge in [0.15, 0.2) is 5.50 Å². The number of anilines is 2. The molecule has 0 radical (unpaired) electrons. The summed E-state index contributed by atoms with van der Waals surface area (Å²) in [5, 5.41) is 20.7. The number of thioether (sulfide) groups is 1. The van der Waals surface area contributed by atoms with Crippen molar-refractivity contribution in [2.24, 2.45) is 0 Å². The van der Waals surface area contributed by atoms with E-state index in [1.54, 1.807) is 46.6 Å². The maximum absolute atomic E-state index is 13.3. The first-order valence-corrected chi connectivity index (χ1v) is 16.7. The normalized spacial score (nSPS) is 14.9. The Morgan fingerprint density at radius 1 is 1.06 bits per heavy atom. The van der Waals surface area contributed by atoms with Gasteiger partial charge in [-0.15, -0.1) is 0 Å². The van der Waals surface area contributed by atoms with Gasteiger partial charge in [-0.05, 0) is 62.2 Å². The van der Waals surface area contributed by atoms with E-state index in [9.17, 15) is 14.7 Å². The Hall–Kier alpha value is -4.81. The van der Waals surface area contributed by atoms with Crippen LogP contribution >= 0.6 is 23.4 Å². The fraction of sp³-hybridized carbons (Fsp3) is 0.286. The topological polar surface area (TPSA) is 121 Å². The van der Waals surface area contributed by atoms with Crippen LogP contribution in [0.25, 0.3) is 5.69 Å². The Labute approximate surface area is 288 Å². The summed E-state index contributed by atoms with van der Waals surface area (Å²) in [6.07, 6.45) is 3.21. The quantitative estimate of drug-likeness (QED) is 0.177. The molecule has 0 saturated heterocycles. The number of urea groups is 1. The number of ether oxygens (including phenoxy) is 2. The van der Waals surface area contributed by atoms with E-state index in [2.05, 4.69) is 10.6 Å². The first-order chi connectivity index (χ1) is 22.8. The lowest BCUT2D eigenvalue weighted by Gasteiger charge is -2.23. The van der Waals surface area contributed by atoms with Crippen LogP contribution in [0.3, 0.4) is 0 Å². The van der Waals surface area contributed by atoms with Gasteiger partial charge in [0.05, 0.1) is 28.7 Å². The Morgan fingerprint density at radius 3 is 2.58 bits per heavy atom. The molecule has 3 N–H and O–H groups in total. The molecule has 1 aromatic heterocycles. The van der Waals surface area contributed by atoms with Crippen molar-refractivity contribution >= 4 is 47.0 Å². The maximum Gasteiger partial charge on any atom is 0.416 e. The lowest BCUT2D eigenvalue weighted by atomic mass is 9.92. The number of hydrogen-bond donors (Lipinski definition) is 3. The van der Waals surface area contributed by atoms with Crippen LogP contribution < -0.4 is 20.3 Å². The van der Waals surface area contributed by atoms with E-state index in [1.165, 1.54) is 6.07 Å². The van der Waals surface area contributed by atoms with Crippen molar-refractivity contribution in [1.29, 1.82) is 0 Å². The van der Waals surface area contributed by atoms with E-state index < -0.39 is 6.03 Å². The van der Waals surface area contributed by atoms with Gasteiger partial charge < -0.3 is 24.8 Å². The van der Waals surface area contributed by atoms with Gasteiger partial charge in [-0.1, -0.05) is 56.3 Å². The molecule has 0 spiro atoms. The van der Waals surface area contributed by atoms with Crippen LogP contribution in [-0.4, -0.2) is 44.0 Å². The summed E-state index contributed by atoms with van der Waals surface area (Å²) < 4.78 is 13.3. The van der Waals surface area contributed by atoms with E-state index in [0.29, 0.717) is 29.6 Å². The Morgan fingerprint density at radius 2 is 1.85 bits per heavy atom. The highest BCUT2D eigenvalue weighted by molar-refractivity contribution is 8.00. The summed E-state index contributed by atoms with van der Waals surface area (Å²) in [6.45, 7) is 12.4. The summed E-state index contributed by atoms with van der Waals surface area (Å²) in [5.74, 6) is 1.65. The fourth-order valence-corrected chi connectivity index (χ4v) is 6.83. The van der Waals surface area contributed by atoms with Crippen molar-refractivity contribution in [1.82, 2.24) is 20.0 Å². The minimum Gasteiger partial charge on any atom is -0.506 e. The minimum atomic E-state index is -0.434. The number of phenols is 1. The van der Waals surface area contributed by atoms with Crippen LogP contribution in [0.5, 0.6) is 17.2 Å². The SMILES string of the molecule is CCOC(=O)N1C=CN2c3cc(Oc4cc(C)ccc4CNC(=O)Nc4cc(C(C)(C)C)nn4-c4ccc(O)c(Cl)c4)cc(C)c3SC12. The molecule has 0 bridgehead atoms. The number of nitrogens with one attached hydrogen (secondary N) is 2. The molecule has 1 atom stereocenters. The van der Waals surface area contributed by atoms with E-state index >= 15 is 0 Å². The lowest BCUT2D eigenvalue weighted by Crippen LogP contribution is -2.37. The number of benzene rings is 3. The number of fused-ring (bicyclic) bond motifs is 3. The first kappa shape index (κ1) is 33.1. The van der Waals surface area contributed by atoms with Crippen molar-refractivity contribution in [2.45, 2.75) is 63.9 Å². The Bertz CT molecular complexity index is 1940. The molecule has 1 unspecified atom stereocenters. The summed E-state index contributed by atoms with van der Waals surface area (Å²) >= 11 is 7.77. The number of aromatic hydroxyl groups is 1. The van der Waals surface area contributed by atoms with E-state index in [4.69, 9.17) is 26.2 Å². The van der Waals surface area contributed by atoms with E-state index in [1.807, 2.05) is 82.1 Å². The molecule has 3 aromatic carbocycles. The first-order valence-electron chi connectivity index (χ1n) is 15.5. The van der Waals surface area contributed by atoms with Crippen LogP contribution in [0.1, 0.15) is 50.1 Å². The number of carbonyl (C=O) groups is 2.